The molecule has 0 aliphatic carbocycles. The van der Waals surface area contributed by atoms with E-state index in [1.165, 1.54) is 36.8 Å². The molecule has 12 rings (SSSR count). The Bertz CT molecular complexity index is 3550. The van der Waals surface area contributed by atoms with E-state index in [0.29, 0.717) is 104 Å². The third kappa shape index (κ3) is 9.81. The zero-order chi connectivity index (χ0) is 52.8. The molecule has 2 amide bonds. The summed E-state index contributed by atoms with van der Waals surface area (Å²) in [6, 6.07) is 13.6. The first-order valence-corrected chi connectivity index (χ1v) is 25.3. The van der Waals surface area contributed by atoms with Crippen molar-refractivity contribution in [1.82, 2.24) is 49.0 Å². The number of aromatic carboxylic acids is 1. The number of anilines is 2. The van der Waals surface area contributed by atoms with Crippen LogP contribution >= 0.6 is 0 Å². The van der Waals surface area contributed by atoms with Crippen LogP contribution in [0.15, 0.2) is 97.8 Å². The van der Waals surface area contributed by atoms with Gasteiger partial charge in [0.15, 0.2) is 11.4 Å². The van der Waals surface area contributed by atoms with Crippen molar-refractivity contribution in [1.29, 1.82) is 0 Å². The highest BCUT2D eigenvalue weighted by atomic mass is 19.1. The van der Waals surface area contributed by atoms with Crippen molar-refractivity contribution < 1.29 is 46.6 Å². The largest absolute Gasteiger partial charge is 0.476 e. The Balaban J connectivity index is 0.000000162. The monoisotopic (exact) mass is 1040 g/mol. The third-order valence-electron chi connectivity index (χ3n) is 14.7. The molecule has 6 aromatic heterocycles. The molecule has 4 aliphatic heterocycles. The maximum absolute atomic E-state index is 14.6. The van der Waals surface area contributed by atoms with E-state index in [2.05, 4.69) is 35.7 Å². The van der Waals surface area contributed by atoms with Crippen LogP contribution in [0.4, 0.5) is 28.9 Å². The van der Waals surface area contributed by atoms with Gasteiger partial charge < -0.3 is 39.4 Å². The first-order chi connectivity index (χ1) is 36.8. The molecule has 0 bridgehead atoms. The summed E-state index contributed by atoms with van der Waals surface area (Å²) in [4.78, 5) is 62.5. The number of halogens is 4. The second-order valence-electron chi connectivity index (χ2n) is 19.4. The number of carboxylic acid groups (broad SMARTS) is 1. The summed E-state index contributed by atoms with van der Waals surface area (Å²) in [5.74, 6) is -2.54. The number of esters is 1. The normalized spacial score (nSPS) is 19.0. The molecular formula is C54H52F4N12O6. The Hall–Kier alpha value is -8.56. The minimum atomic E-state index is -1.08. The Kier molecular flexibility index (Phi) is 13.5. The maximum atomic E-state index is 14.6. The van der Waals surface area contributed by atoms with Crippen molar-refractivity contribution in [3.05, 3.63) is 166 Å². The van der Waals surface area contributed by atoms with Crippen LogP contribution in [0.25, 0.3) is 11.0 Å². The topological polar surface area (TPSA) is 199 Å². The van der Waals surface area contributed by atoms with E-state index < -0.39 is 35.2 Å². The molecule has 10 heterocycles. The average molecular weight is 1040 g/mol. The number of carbonyl (C=O) groups excluding carboxylic acids is 3. The van der Waals surface area contributed by atoms with Gasteiger partial charge in [0.1, 0.15) is 34.9 Å². The van der Waals surface area contributed by atoms with Gasteiger partial charge in [0, 0.05) is 98.4 Å². The number of rotatable bonds is 11. The molecule has 3 N–H and O–H groups in total. The van der Waals surface area contributed by atoms with Gasteiger partial charge >= 0.3 is 11.9 Å². The number of hydrogen-bond acceptors (Lipinski definition) is 11. The second kappa shape index (κ2) is 20.6. The Labute approximate surface area is 431 Å². The highest BCUT2D eigenvalue weighted by molar-refractivity contribution is 6.02. The smallest absolute Gasteiger partial charge is 0.358 e. The molecule has 2 aromatic carbocycles. The number of aromatic nitrogens is 8. The van der Waals surface area contributed by atoms with E-state index in [4.69, 9.17) is 4.74 Å². The average Bonchev–Trinajstić information content (AvgIpc) is 4.29. The highest BCUT2D eigenvalue weighted by Gasteiger charge is 2.33. The summed E-state index contributed by atoms with van der Waals surface area (Å²) in [6.45, 7) is 4.58. The number of carbonyl (C=O) groups is 4. The lowest BCUT2D eigenvalue weighted by molar-refractivity contribution is 0.0519. The lowest BCUT2D eigenvalue weighted by atomic mass is 10.0. The maximum Gasteiger partial charge on any atom is 0.358 e. The van der Waals surface area contributed by atoms with Crippen molar-refractivity contribution >= 4 is 46.2 Å². The summed E-state index contributed by atoms with van der Waals surface area (Å²) in [5.41, 5.74) is 4.58. The SMILES string of the molecule is CCOC(=O)c1cn2c(n1)CC(NC(=O)c1cnn3ccc(N4CCC[C@@H]4c4cc(F)ccc4F)cc13)CC2.O=C(O)c1cn2c(n1)CC(NC(=O)c1cnn3ccc(N4CCC[C@@H]4c4cc(F)ccc4F)cc13)CC2. The lowest BCUT2D eigenvalue weighted by Crippen LogP contribution is -2.40. The fraction of sp³-hybridized carbons (Fsp3) is 0.333. The predicted octanol–water partition coefficient (Wildman–Crippen LogP) is 7.67. The molecule has 0 saturated carbocycles. The van der Waals surface area contributed by atoms with Gasteiger partial charge in [-0.1, -0.05) is 0 Å². The summed E-state index contributed by atoms with van der Waals surface area (Å²) in [6.07, 6.45) is 15.1. The van der Waals surface area contributed by atoms with Gasteiger partial charge in [0.25, 0.3) is 11.8 Å². The lowest BCUT2D eigenvalue weighted by Gasteiger charge is -2.27. The molecule has 4 aliphatic rings. The van der Waals surface area contributed by atoms with E-state index in [-0.39, 0.29) is 54.0 Å². The van der Waals surface area contributed by atoms with Crippen molar-refractivity contribution in [2.45, 2.75) is 95.5 Å². The van der Waals surface area contributed by atoms with E-state index in [9.17, 15) is 41.8 Å². The highest BCUT2D eigenvalue weighted by Crippen LogP contribution is 2.40. The summed E-state index contributed by atoms with van der Waals surface area (Å²) in [5, 5.41) is 24.0. The molecule has 76 heavy (non-hydrogen) atoms. The van der Waals surface area contributed by atoms with Gasteiger partial charge in [0.2, 0.25) is 0 Å². The standard InChI is InChI=1S/C28H28F2N6O3.C26H24F2N6O3/c1-2-39-28(38)23-16-34-10-7-18(13-26(34)33-23)32-27(37)21-15-31-36-11-8-19(14-25(21)36)35-9-3-4-24(35)20-12-17(29)5-6-22(20)30;27-15-3-4-20(28)18(10-15)22-2-1-7-33(22)17-6-9-34-23(12-17)19(13-29-34)25(35)30-16-5-8-32-14-21(26(36)37)31-24(32)11-16/h5-6,8,11-12,14-16,18,24H,2-4,7,9-10,13H2,1H3,(H,32,37);3-4,6,9-10,12-14,16,22H,1-2,5,7-8,11H2,(H,30,35)(H,36,37)/t18?,24-;16?,22-/m11/s1. The van der Waals surface area contributed by atoms with Crippen molar-refractivity contribution in [3.8, 4) is 0 Å². The van der Waals surface area contributed by atoms with Crippen LogP contribution in [-0.2, 0) is 30.7 Å². The van der Waals surface area contributed by atoms with Crippen LogP contribution < -0.4 is 20.4 Å². The van der Waals surface area contributed by atoms with Gasteiger partial charge in [-0.2, -0.15) is 10.2 Å². The predicted molar refractivity (Wildman–Crippen MR) is 268 cm³/mol. The third-order valence-corrected chi connectivity index (χ3v) is 14.7. The van der Waals surface area contributed by atoms with Crippen LogP contribution in [-0.4, -0.2) is 99.0 Å². The molecule has 2 saturated heterocycles. The molecule has 4 atom stereocenters. The van der Waals surface area contributed by atoms with Crippen molar-refractivity contribution in [3.63, 3.8) is 0 Å². The van der Waals surface area contributed by atoms with Crippen molar-refractivity contribution in [2.24, 2.45) is 0 Å². The first kappa shape index (κ1) is 49.6. The van der Waals surface area contributed by atoms with Crippen molar-refractivity contribution in [2.75, 3.05) is 29.5 Å². The fourth-order valence-corrected chi connectivity index (χ4v) is 11.0. The number of amides is 2. The van der Waals surface area contributed by atoms with Crippen LogP contribution in [0.3, 0.4) is 0 Å². The number of pyridine rings is 2. The molecule has 8 aromatic rings. The minimum Gasteiger partial charge on any atom is -0.476 e. The quantitative estimate of drug-likeness (QED) is 0.0846. The summed E-state index contributed by atoms with van der Waals surface area (Å²) >= 11 is 0. The number of benzene rings is 2. The van der Waals surface area contributed by atoms with E-state index in [1.54, 1.807) is 34.5 Å². The van der Waals surface area contributed by atoms with Gasteiger partial charge in [-0.25, -0.2) is 46.1 Å². The number of aryl methyl sites for hydroxylation is 2. The molecule has 0 radical (unpaired) electrons. The van der Waals surface area contributed by atoms with Crippen LogP contribution in [0.5, 0.6) is 0 Å². The van der Waals surface area contributed by atoms with E-state index in [1.807, 2.05) is 38.3 Å². The van der Waals surface area contributed by atoms with Gasteiger partial charge in [-0.15, -0.1) is 0 Å². The molecule has 2 fully saturated rings. The number of nitrogens with zero attached hydrogens (tertiary/aromatic N) is 10. The molecule has 392 valence electrons. The van der Waals surface area contributed by atoms with Crippen LogP contribution in [0.1, 0.15) is 122 Å². The van der Waals surface area contributed by atoms with E-state index in [0.717, 1.165) is 48.2 Å². The van der Waals surface area contributed by atoms with Gasteiger partial charge in [-0.05, 0) is 106 Å². The van der Waals surface area contributed by atoms with Crippen LogP contribution in [0.2, 0.25) is 0 Å². The number of ether oxygens (including phenoxy) is 1. The second-order valence-corrected chi connectivity index (χ2v) is 19.4. The molecule has 18 nitrogen and oxygen atoms in total. The summed E-state index contributed by atoms with van der Waals surface area (Å²) in [7, 11) is 0. The Morgan fingerprint density at radius 3 is 1.58 bits per heavy atom. The molecular weight excluding hydrogens is 989 g/mol. The number of carboxylic acids is 1. The van der Waals surface area contributed by atoms with E-state index >= 15 is 0 Å². The molecule has 22 heteroatoms. The Morgan fingerprint density at radius 1 is 0.632 bits per heavy atom. The fourth-order valence-electron chi connectivity index (χ4n) is 11.0. The number of fused-ring (bicyclic) bond motifs is 4. The zero-order valence-corrected chi connectivity index (χ0v) is 41.2. The molecule has 2 unspecified atom stereocenters. The first-order valence-electron chi connectivity index (χ1n) is 25.3. The number of hydrogen-bond donors (Lipinski definition) is 3. The van der Waals surface area contributed by atoms with Gasteiger partial charge in [0.05, 0.1) is 53.2 Å². The zero-order valence-electron chi connectivity index (χ0n) is 41.2. The number of imidazole rings is 2. The minimum absolute atomic E-state index is 0.00419. The molecule has 0 spiro atoms. The summed E-state index contributed by atoms with van der Waals surface area (Å²) < 4.78 is 68.9. The Morgan fingerprint density at radius 2 is 1.11 bits per heavy atom. The van der Waals surface area contributed by atoms with Gasteiger partial charge in [-0.3, -0.25) is 9.59 Å². The van der Waals surface area contributed by atoms with Crippen LogP contribution in [0, 0.1) is 23.3 Å². The number of nitrogens with one attached hydrogen (secondary N) is 2.